The van der Waals surface area contributed by atoms with Gasteiger partial charge >= 0.3 is 5.97 Å². The molecule has 0 saturated carbocycles. The van der Waals surface area contributed by atoms with Crippen LogP contribution in [0.25, 0.3) is 0 Å². The van der Waals surface area contributed by atoms with E-state index in [2.05, 4.69) is 15.4 Å². The molecule has 6 heteroatoms. The molecule has 0 saturated heterocycles. The molecule has 1 aromatic rings. The molecule has 0 heterocycles. The number of nitrogen functional groups attached to an aromatic ring is 1. The van der Waals surface area contributed by atoms with Crippen LogP contribution in [0.2, 0.25) is 0 Å². The Hall–Kier alpha value is -2.24. The topological polar surface area (TPSA) is 93.5 Å². The highest BCUT2D eigenvalue weighted by Gasteiger charge is 2.14. The van der Waals surface area contributed by atoms with Crippen molar-refractivity contribution in [2.75, 3.05) is 24.7 Å². The van der Waals surface area contributed by atoms with Gasteiger partial charge in [-0.25, -0.2) is 4.79 Å². The van der Waals surface area contributed by atoms with Crippen LogP contribution in [0, 0.1) is 0 Å². The zero-order valence-electron chi connectivity index (χ0n) is 11.3. The Bertz CT molecular complexity index is 474. The summed E-state index contributed by atoms with van der Waals surface area (Å²) in [5, 5.41) is 5.71. The first-order valence-corrected chi connectivity index (χ1v) is 6.01. The van der Waals surface area contributed by atoms with E-state index >= 15 is 0 Å². The molecule has 1 rings (SSSR count). The van der Waals surface area contributed by atoms with Crippen LogP contribution >= 0.6 is 0 Å². The highest BCUT2D eigenvalue weighted by Crippen LogP contribution is 2.19. The van der Waals surface area contributed by atoms with E-state index in [0.29, 0.717) is 17.9 Å². The molecule has 104 valence electrons. The Morgan fingerprint density at radius 1 is 1.42 bits per heavy atom. The van der Waals surface area contributed by atoms with Gasteiger partial charge in [-0.3, -0.25) is 4.79 Å². The Morgan fingerprint density at radius 2 is 2.11 bits per heavy atom. The summed E-state index contributed by atoms with van der Waals surface area (Å²) in [6, 6.07) is 4.46. The third-order valence-electron chi connectivity index (χ3n) is 2.59. The molecule has 0 spiro atoms. The highest BCUT2D eigenvalue weighted by atomic mass is 16.5. The van der Waals surface area contributed by atoms with Crippen molar-refractivity contribution in [1.82, 2.24) is 5.32 Å². The fourth-order valence-electron chi connectivity index (χ4n) is 1.58. The predicted molar refractivity (Wildman–Crippen MR) is 74.0 cm³/mol. The second-order valence-electron chi connectivity index (χ2n) is 4.05. The van der Waals surface area contributed by atoms with Crippen LogP contribution in [0.15, 0.2) is 18.2 Å². The van der Waals surface area contributed by atoms with Gasteiger partial charge in [-0.2, -0.15) is 0 Å². The molecule has 4 N–H and O–H groups in total. The Labute approximate surface area is 112 Å². The fourth-order valence-corrected chi connectivity index (χ4v) is 1.58. The van der Waals surface area contributed by atoms with Crippen LogP contribution in [-0.4, -0.2) is 31.6 Å². The predicted octanol–water partition coefficient (Wildman–Crippen LogP) is 0.992. The maximum Gasteiger partial charge on any atom is 0.340 e. The van der Waals surface area contributed by atoms with Gasteiger partial charge in [-0.05, 0) is 32.0 Å². The lowest BCUT2D eigenvalue weighted by Crippen LogP contribution is -2.37. The SMILES string of the molecule is CCNC(=O)C(C)Nc1ccc(N)c(C(=O)OC)c1. The molecule has 1 amide bonds. The number of esters is 1. The molecule has 0 aromatic heterocycles. The van der Waals surface area contributed by atoms with E-state index in [9.17, 15) is 9.59 Å². The number of likely N-dealkylation sites (N-methyl/N-ethyl adjacent to an activating group) is 1. The van der Waals surface area contributed by atoms with Gasteiger partial charge in [0.25, 0.3) is 0 Å². The normalized spacial score (nSPS) is 11.5. The van der Waals surface area contributed by atoms with Gasteiger partial charge in [0.15, 0.2) is 0 Å². The minimum atomic E-state index is -0.508. The summed E-state index contributed by atoms with van der Waals surface area (Å²) in [4.78, 5) is 23.1. The van der Waals surface area contributed by atoms with Crippen molar-refractivity contribution < 1.29 is 14.3 Å². The number of anilines is 2. The molecule has 0 aliphatic rings. The molecule has 6 nitrogen and oxygen atoms in total. The zero-order chi connectivity index (χ0) is 14.4. The molecule has 0 aliphatic heterocycles. The summed E-state index contributed by atoms with van der Waals surface area (Å²) in [6.07, 6.45) is 0. The van der Waals surface area contributed by atoms with Gasteiger partial charge in [-0.15, -0.1) is 0 Å². The van der Waals surface area contributed by atoms with Crippen LogP contribution in [0.3, 0.4) is 0 Å². The van der Waals surface area contributed by atoms with Crippen molar-refractivity contribution in [3.63, 3.8) is 0 Å². The molecule has 0 aliphatic carbocycles. The number of methoxy groups -OCH3 is 1. The van der Waals surface area contributed by atoms with Gasteiger partial charge in [0.2, 0.25) is 5.91 Å². The van der Waals surface area contributed by atoms with Crippen LogP contribution in [0.1, 0.15) is 24.2 Å². The third kappa shape index (κ3) is 3.87. The largest absolute Gasteiger partial charge is 0.465 e. The maximum atomic E-state index is 11.6. The van der Waals surface area contributed by atoms with Gasteiger partial charge < -0.3 is 21.1 Å². The number of ether oxygens (including phenoxy) is 1. The lowest BCUT2D eigenvalue weighted by atomic mass is 10.1. The van der Waals surface area contributed by atoms with Gasteiger partial charge in [-0.1, -0.05) is 0 Å². The van der Waals surface area contributed by atoms with Crippen LogP contribution in [-0.2, 0) is 9.53 Å². The first-order valence-electron chi connectivity index (χ1n) is 6.01. The molecule has 1 atom stereocenters. The highest BCUT2D eigenvalue weighted by molar-refractivity contribution is 5.96. The minimum absolute atomic E-state index is 0.112. The molecule has 19 heavy (non-hydrogen) atoms. The van der Waals surface area contributed by atoms with Crippen molar-refractivity contribution in [2.45, 2.75) is 19.9 Å². The molecule has 1 unspecified atom stereocenters. The second kappa shape index (κ2) is 6.63. The van der Waals surface area contributed by atoms with Gasteiger partial charge in [0.05, 0.1) is 12.7 Å². The number of hydrogen-bond acceptors (Lipinski definition) is 5. The number of nitrogens with two attached hydrogens (primary N) is 1. The number of carbonyl (C=O) groups excluding carboxylic acids is 2. The van der Waals surface area contributed by atoms with Crippen molar-refractivity contribution in [1.29, 1.82) is 0 Å². The Kier molecular flexibility index (Phi) is 5.17. The van der Waals surface area contributed by atoms with E-state index in [1.54, 1.807) is 25.1 Å². The maximum absolute atomic E-state index is 11.6. The first kappa shape index (κ1) is 14.8. The Morgan fingerprint density at radius 3 is 2.68 bits per heavy atom. The quantitative estimate of drug-likeness (QED) is 0.545. The fraction of sp³-hybridized carbons (Fsp3) is 0.385. The molecular formula is C13H19N3O3. The van der Waals surface area contributed by atoms with Crippen LogP contribution < -0.4 is 16.4 Å². The first-order chi connectivity index (χ1) is 8.99. The number of benzene rings is 1. The van der Waals surface area contributed by atoms with E-state index in [4.69, 9.17) is 5.73 Å². The number of hydrogen-bond donors (Lipinski definition) is 3. The van der Waals surface area contributed by atoms with Crippen LogP contribution in [0.5, 0.6) is 0 Å². The molecule has 1 aromatic carbocycles. The molecule has 0 fully saturated rings. The Balaban J connectivity index is 2.85. The number of carbonyl (C=O) groups is 2. The van der Waals surface area contributed by atoms with Crippen molar-refractivity contribution in [3.8, 4) is 0 Å². The number of rotatable bonds is 5. The summed E-state index contributed by atoms with van der Waals surface area (Å²) in [6.45, 7) is 4.16. The zero-order valence-corrected chi connectivity index (χ0v) is 11.3. The molecule has 0 bridgehead atoms. The van der Waals surface area contributed by atoms with E-state index in [-0.39, 0.29) is 11.5 Å². The van der Waals surface area contributed by atoms with Crippen molar-refractivity contribution >= 4 is 23.3 Å². The molecule has 0 radical (unpaired) electrons. The van der Waals surface area contributed by atoms with Gasteiger partial charge in [0, 0.05) is 17.9 Å². The summed E-state index contributed by atoms with van der Waals surface area (Å²) in [5.74, 6) is -0.620. The van der Waals surface area contributed by atoms with Crippen molar-refractivity contribution in [2.24, 2.45) is 0 Å². The van der Waals surface area contributed by atoms with E-state index < -0.39 is 12.0 Å². The molecular weight excluding hydrogens is 246 g/mol. The van der Waals surface area contributed by atoms with Crippen LogP contribution in [0.4, 0.5) is 11.4 Å². The summed E-state index contributed by atoms with van der Waals surface area (Å²) < 4.78 is 4.64. The van der Waals surface area contributed by atoms with Crippen molar-refractivity contribution in [3.05, 3.63) is 23.8 Å². The summed E-state index contributed by atoms with van der Waals surface area (Å²) in [5.41, 5.74) is 6.94. The average molecular weight is 265 g/mol. The summed E-state index contributed by atoms with van der Waals surface area (Å²) in [7, 11) is 1.29. The summed E-state index contributed by atoms with van der Waals surface area (Å²) >= 11 is 0. The number of amides is 1. The standard InChI is InChI=1S/C13H19N3O3/c1-4-15-12(17)8(2)16-9-5-6-11(14)10(7-9)13(18)19-3/h5-8,16H,4,14H2,1-3H3,(H,15,17). The van der Waals surface area contributed by atoms with E-state index in [1.165, 1.54) is 7.11 Å². The van der Waals surface area contributed by atoms with E-state index in [1.807, 2.05) is 6.92 Å². The second-order valence-corrected chi connectivity index (χ2v) is 4.05. The van der Waals surface area contributed by atoms with Gasteiger partial charge in [0.1, 0.15) is 6.04 Å². The third-order valence-corrected chi connectivity index (χ3v) is 2.59. The van der Waals surface area contributed by atoms with E-state index in [0.717, 1.165) is 0 Å². The minimum Gasteiger partial charge on any atom is -0.465 e. The lowest BCUT2D eigenvalue weighted by Gasteiger charge is -2.15. The monoisotopic (exact) mass is 265 g/mol. The number of nitrogens with one attached hydrogen (secondary N) is 2. The lowest BCUT2D eigenvalue weighted by molar-refractivity contribution is -0.121. The average Bonchev–Trinajstić information content (AvgIpc) is 2.40. The smallest absolute Gasteiger partial charge is 0.340 e.